The van der Waals surface area contributed by atoms with Gasteiger partial charge in [-0.3, -0.25) is 4.79 Å². The van der Waals surface area contributed by atoms with Crippen LogP contribution in [-0.2, 0) is 16.3 Å². The van der Waals surface area contributed by atoms with Crippen molar-refractivity contribution in [2.24, 2.45) is 16.5 Å². The van der Waals surface area contributed by atoms with Crippen LogP contribution in [-0.4, -0.2) is 33.1 Å². The van der Waals surface area contributed by atoms with Crippen molar-refractivity contribution in [1.82, 2.24) is 5.32 Å². The molecule has 8 heteroatoms. The molecule has 0 radical (unpaired) electrons. The molecule has 2 rings (SSSR count). The Labute approximate surface area is 123 Å². The second kappa shape index (κ2) is 5.45. The highest BCUT2D eigenvalue weighted by Crippen LogP contribution is 2.35. The number of carbonyl (C=O) groups is 1. The largest absolute Gasteiger partial charge is 0.370 e. The third-order valence-corrected chi connectivity index (χ3v) is 5.32. The minimum Gasteiger partial charge on any atom is -0.370 e. The Bertz CT molecular complexity index is 721. The van der Waals surface area contributed by atoms with Crippen LogP contribution in [0.2, 0.25) is 0 Å². The van der Waals surface area contributed by atoms with Gasteiger partial charge in [-0.2, -0.15) is 4.99 Å². The summed E-state index contributed by atoms with van der Waals surface area (Å²) in [5.41, 5.74) is 12.1. The van der Waals surface area contributed by atoms with E-state index in [1.807, 2.05) is 6.92 Å². The molecular weight excluding hydrogens is 292 g/mol. The average Bonchev–Trinajstić information content (AvgIpc) is 2.67. The minimum atomic E-state index is -3.40. The first-order valence-corrected chi connectivity index (χ1v) is 8.16. The van der Waals surface area contributed by atoms with Gasteiger partial charge in [0.25, 0.3) is 5.91 Å². The van der Waals surface area contributed by atoms with Gasteiger partial charge in [-0.1, -0.05) is 13.0 Å². The lowest BCUT2D eigenvalue weighted by Gasteiger charge is -2.11. The average molecular weight is 310 g/mol. The molecule has 0 aliphatic carbocycles. The van der Waals surface area contributed by atoms with E-state index in [2.05, 4.69) is 10.3 Å². The first-order valence-electron chi connectivity index (χ1n) is 6.51. The highest BCUT2D eigenvalue weighted by Gasteiger charge is 2.35. The highest BCUT2D eigenvalue weighted by atomic mass is 32.2. The number of aryl methyl sites for hydroxylation is 1. The Hall–Kier alpha value is -1.93. The quantitative estimate of drug-likeness (QED) is 0.520. The molecule has 1 amide bonds. The number of hydrogen-bond donors (Lipinski definition) is 3. The van der Waals surface area contributed by atoms with Crippen LogP contribution in [0.4, 0.5) is 0 Å². The molecule has 7 nitrogen and oxygen atoms in total. The van der Waals surface area contributed by atoms with Crippen molar-refractivity contribution < 1.29 is 13.2 Å². The van der Waals surface area contributed by atoms with Crippen LogP contribution in [0.3, 0.4) is 0 Å². The predicted molar refractivity (Wildman–Crippen MR) is 79.8 cm³/mol. The summed E-state index contributed by atoms with van der Waals surface area (Å²) in [6, 6.07) is 2.87. The van der Waals surface area contributed by atoms with Crippen LogP contribution in [0.25, 0.3) is 0 Å². The molecule has 1 aliphatic heterocycles. The molecule has 1 aromatic carbocycles. The summed E-state index contributed by atoms with van der Waals surface area (Å²) in [4.78, 5) is 15.7. The van der Waals surface area contributed by atoms with Crippen molar-refractivity contribution in [3.63, 3.8) is 0 Å². The van der Waals surface area contributed by atoms with Crippen LogP contribution in [0.5, 0.6) is 0 Å². The summed E-state index contributed by atoms with van der Waals surface area (Å²) >= 11 is 0. The molecule has 1 aliphatic rings. The topological polar surface area (TPSA) is 128 Å². The van der Waals surface area contributed by atoms with Crippen LogP contribution in [0.15, 0.2) is 22.0 Å². The second-order valence-corrected chi connectivity index (χ2v) is 6.87. The molecule has 0 saturated carbocycles. The number of nitrogens with one attached hydrogen (secondary N) is 1. The van der Waals surface area contributed by atoms with Crippen molar-refractivity contribution >= 4 is 21.7 Å². The Kier molecular flexibility index (Phi) is 4.02. The fraction of sp³-hybridized carbons (Fsp3) is 0.385. The van der Waals surface area contributed by atoms with Gasteiger partial charge in [0.2, 0.25) is 0 Å². The van der Waals surface area contributed by atoms with Crippen LogP contribution >= 0.6 is 0 Å². The van der Waals surface area contributed by atoms with Crippen molar-refractivity contribution in [3.05, 3.63) is 28.8 Å². The van der Waals surface area contributed by atoms with Crippen LogP contribution < -0.4 is 16.8 Å². The summed E-state index contributed by atoms with van der Waals surface area (Å²) in [6.07, 6.45) is 0.574. The third-order valence-electron chi connectivity index (χ3n) is 3.52. The van der Waals surface area contributed by atoms with E-state index in [1.165, 1.54) is 6.07 Å². The second-order valence-electron chi connectivity index (χ2n) is 4.87. The first kappa shape index (κ1) is 15.5. The number of hydrogen-bond acceptors (Lipinski definition) is 4. The number of nitrogens with zero attached hydrogens (tertiary/aromatic N) is 1. The molecule has 21 heavy (non-hydrogen) atoms. The van der Waals surface area contributed by atoms with Crippen LogP contribution in [0.1, 0.15) is 34.5 Å². The number of sulfone groups is 1. The lowest BCUT2D eigenvalue weighted by Crippen LogP contribution is -2.24. The number of aliphatic imine (C=N–C) groups is 1. The van der Waals surface area contributed by atoms with Gasteiger partial charge in [-0.25, -0.2) is 8.42 Å². The van der Waals surface area contributed by atoms with E-state index in [0.717, 1.165) is 5.56 Å². The molecule has 1 heterocycles. The minimum absolute atomic E-state index is 0.0120. The van der Waals surface area contributed by atoms with Gasteiger partial charge in [-0.05, 0) is 30.7 Å². The Morgan fingerprint density at radius 3 is 2.62 bits per heavy atom. The molecule has 0 bridgehead atoms. The maximum Gasteiger partial charge on any atom is 0.280 e. The van der Waals surface area contributed by atoms with Gasteiger partial charge in [0.05, 0.1) is 10.6 Å². The zero-order valence-electron chi connectivity index (χ0n) is 11.9. The standard InChI is InChI=1S/C13H18N4O3S/c1-3-7-4-9-10(16-2)6-21(19,20)11(9)5-8(7)12(18)17-13(14)15/h4-5,10,16H,3,6H2,1-2H3,(H4,14,15,17,18). The highest BCUT2D eigenvalue weighted by molar-refractivity contribution is 7.91. The predicted octanol–water partition coefficient (Wildman–Crippen LogP) is -0.290. The Balaban J connectivity index is 2.66. The molecule has 1 atom stereocenters. The summed E-state index contributed by atoms with van der Waals surface area (Å²) in [6.45, 7) is 1.88. The number of amides is 1. The molecule has 1 aromatic rings. The molecule has 1 unspecified atom stereocenters. The number of carbonyl (C=O) groups excluding carboxylic acids is 1. The number of fused-ring (bicyclic) bond motifs is 1. The smallest absolute Gasteiger partial charge is 0.280 e. The van der Waals surface area contributed by atoms with Crippen molar-refractivity contribution in [1.29, 1.82) is 0 Å². The number of benzene rings is 1. The Morgan fingerprint density at radius 1 is 1.43 bits per heavy atom. The normalized spacial score (nSPS) is 19.0. The van der Waals surface area contributed by atoms with Gasteiger partial charge in [0, 0.05) is 11.6 Å². The molecule has 5 N–H and O–H groups in total. The van der Waals surface area contributed by atoms with Gasteiger partial charge in [0.15, 0.2) is 15.8 Å². The fourth-order valence-electron chi connectivity index (χ4n) is 2.49. The first-order chi connectivity index (χ1) is 9.80. The summed E-state index contributed by atoms with van der Waals surface area (Å²) < 4.78 is 24.4. The maximum absolute atomic E-state index is 12.2. The van der Waals surface area contributed by atoms with Gasteiger partial charge >= 0.3 is 0 Å². The molecule has 0 spiro atoms. The molecular formula is C13H18N4O3S. The van der Waals surface area contributed by atoms with E-state index in [4.69, 9.17) is 11.5 Å². The number of guanidine groups is 1. The van der Waals surface area contributed by atoms with Gasteiger partial charge < -0.3 is 16.8 Å². The fourth-order valence-corrected chi connectivity index (χ4v) is 4.31. The lowest BCUT2D eigenvalue weighted by atomic mass is 9.98. The summed E-state index contributed by atoms with van der Waals surface area (Å²) in [5, 5.41) is 2.98. The van der Waals surface area contributed by atoms with E-state index in [1.54, 1.807) is 13.1 Å². The van der Waals surface area contributed by atoms with Gasteiger partial charge in [0.1, 0.15) is 0 Å². The molecule has 0 saturated heterocycles. The summed E-state index contributed by atoms with van der Waals surface area (Å²) in [5.74, 6) is -0.988. The third kappa shape index (κ3) is 2.77. The Morgan fingerprint density at radius 2 is 2.10 bits per heavy atom. The monoisotopic (exact) mass is 310 g/mol. The lowest BCUT2D eigenvalue weighted by molar-refractivity contribution is 0.100. The van der Waals surface area contributed by atoms with Crippen molar-refractivity contribution in [3.8, 4) is 0 Å². The van der Waals surface area contributed by atoms with Crippen molar-refractivity contribution in [2.75, 3.05) is 12.8 Å². The zero-order valence-corrected chi connectivity index (χ0v) is 12.7. The molecule has 0 aromatic heterocycles. The maximum atomic E-state index is 12.2. The molecule has 0 fully saturated rings. The van der Waals surface area contributed by atoms with E-state index in [-0.39, 0.29) is 28.2 Å². The zero-order chi connectivity index (χ0) is 15.8. The van der Waals surface area contributed by atoms with E-state index in [0.29, 0.717) is 12.0 Å². The SMILES string of the molecule is CCc1cc2c(cc1C(=O)N=C(N)N)S(=O)(=O)CC2NC. The van der Waals surface area contributed by atoms with Crippen LogP contribution in [0, 0.1) is 0 Å². The molecule has 114 valence electrons. The van der Waals surface area contributed by atoms with Gasteiger partial charge in [-0.15, -0.1) is 0 Å². The van der Waals surface area contributed by atoms with E-state index in [9.17, 15) is 13.2 Å². The van der Waals surface area contributed by atoms with E-state index >= 15 is 0 Å². The summed E-state index contributed by atoms with van der Waals surface area (Å²) in [7, 11) is -1.69. The van der Waals surface area contributed by atoms with E-state index < -0.39 is 15.7 Å². The number of nitrogens with two attached hydrogens (primary N) is 2. The number of rotatable bonds is 3. The van der Waals surface area contributed by atoms with Crippen molar-refractivity contribution in [2.45, 2.75) is 24.3 Å².